The van der Waals surface area contributed by atoms with Gasteiger partial charge in [-0.25, -0.2) is 4.98 Å². The van der Waals surface area contributed by atoms with Crippen molar-refractivity contribution < 1.29 is 0 Å². The van der Waals surface area contributed by atoms with E-state index in [4.69, 9.17) is 10.7 Å². The van der Waals surface area contributed by atoms with Crippen LogP contribution in [0.5, 0.6) is 0 Å². The smallest absolute Gasteiger partial charge is 0.143 e. The highest BCUT2D eigenvalue weighted by Gasteiger charge is 2.21. The molecule has 5 rings (SSSR count). The molecule has 7 nitrogen and oxygen atoms in total. The lowest BCUT2D eigenvalue weighted by molar-refractivity contribution is 0.503. The number of anilines is 1. The van der Waals surface area contributed by atoms with Crippen molar-refractivity contribution in [2.45, 2.75) is 18.9 Å². The molecule has 146 valence electrons. The summed E-state index contributed by atoms with van der Waals surface area (Å²) in [5.74, 6) is 0.912. The molecule has 0 radical (unpaired) electrons. The van der Waals surface area contributed by atoms with Gasteiger partial charge in [0.05, 0.1) is 27.6 Å². The molecule has 4 aromatic rings. The minimum Gasteiger partial charge on any atom is -0.354 e. The molecular formula is C21H20BrN7. The van der Waals surface area contributed by atoms with Gasteiger partial charge in [0, 0.05) is 42.5 Å². The van der Waals surface area contributed by atoms with Gasteiger partial charge in [0.25, 0.3) is 0 Å². The van der Waals surface area contributed by atoms with Crippen molar-refractivity contribution in [3.63, 3.8) is 0 Å². The summed E-state index contributed by atoms with van der Waals surface area (Å²) in [6.45, 7) is 1.77. The molecule has 0 aromatic carbocycles. The number of rotatable bonds is 3. The van der Waals surface area contributed by atoms with Crippen LogP contribution in [0.4, 0.5) is 5.82 Å². The van der Waals surface area contributed by atoms with E-state index in [2.05, 4.69) is 41.0 Å². The van der Waals surface area contributed by atoms with Crippen LogP contribution in [0.3, 0.4) is 0 Å². The molecule has 5 heterocycles. The Morgan fingerprint density at radius 2 is 2.10 bits per heavy atom. The number of nitrogens with two attached hydrogens (primary N) is 1. The van der Waals surface area contributed by atoms with E-state index in [0.717, 1.165) is 69.8 Å². The van der Waals surface area contributed by atoms with Crippen LogP contribution in [-0.4, -0.2) is 44.3 Å². The summed E-state index contributed by atoms with van der Waals surface area (Å²) in [6.07, 6.45) is 7.50. The number of nitrogens with zero attached hydrogens (tertiary/aromatic N) is 5. The van der Waals surface area contributed by atoms with Crippen LogP contribution in [0.1, 0.15) is 12.8 Å². The Morgan fingerprint density at radius 3 is 2.93 bits per heavy atom. The summed E-state index contributed by atoms with van der Waals surface area (Å²) in [7, 11) is 0. The number of hydrogen-bond acceptors (Lipinski definition) is 6. The minimum atomic E-state index is 0.181. The summed E-state index contributed by atoms with van der Waals surface area (Å²) < 4.78 is 0.966. The van der Waals surface area contributed by atoms with Gasteiger partial charge < -0.3 is 10.6 Å². The third-order valence-corrected chi connectivity index (χ3v) is 5.85. The largest absolute Gasteiger partial charge is 0.354 e. The van der Waals surface area contributed by atoms with Crippen molar-refractivity contribution in [2.75, 3.05) is 18.0 Å². The lowest BCUT2D eigenvalue weighted by atomic mass is 10.1. The second-order valence-corrected chi connectivity index (χ2v) is 8.13. The van der Waals surface area contributed by atoms with Crippen molar-refractivity contribution >= 4 is 32.7 Å². The summed E-state index contributed by atoms with van der Waals surface area (Å²) in [5.41, 5.74) is 10.5. The van der Waals surface area contributed by atoms with Gasteiger partial charge in [-0.05, 0) is 59.1 Å². The van der Waals surface area contributed by atoms with Crippen molar-refractivity contribution in [3.05, 3.63) is 53.4 Å². The summed E-state index contributed by atoms with van der Waals surface area (Å²) >= 11 is 3.65. The quantitative estimate of drug-likeness (QED) is 0.493. The number of hydrogen-bond donors (Lipinski definition) is 2. The standard InChI is InChI=1S/C21H20BrN7/c22-16-5-6-17(26-21(16)29-8-2-4-14(23)12-29)20-15-9-18(13-3-1-7-24-10-13)25-11-19(15)27-28-20/h1,3,5-7,9-11,14H,2,4,8,12,23H2,(H,27,28). The number of H-pyrrole nitrogens is 1. The van der Waals surface area contributed by atoms with Crippen LogP contribution < -0.4 is 10.6 Å². The van der Waals surface area contributed by atoms with Gasteiger partial charge in [-0.1, -0.05) is 0 Å². The zero-order chi connectivity index (χ0) is 19.8. The molecule has 3 N–H and O–H groups in total. The fourth-order valence-electron chi connectivity index (χ4n) is 3.77. The number of aromatic nitrogens is 5. The number of aromatic amines is 1. The molecule has 0 spiro atoms. The van der Waals surface area contributed by atoms with E-state index in [1.807, 2.05) is 36.5 Å². The molecule has 0 bridgehead atoms. The summed E-state index contributed by atoms with van der Waals surface area (Å²) in [4.78, 5) is 15.9. The average molecular weight is 450 g/mol. The van der Waals surface area contributed by atoms with E-state index in [9.17, 15) is 0 Å². The Bertz CT molecular complexity index is 1160. The third kappa shape index (κ3) is 3.49. The first-order valence-corrected chi connectivity index (χ1v) is 10.4. The van der Waals surface area contributed by atoms with Crippen molar-refractivity contribution in [2.24, 2.45) is 5.73 Å². The maximum absolute atomic E-state index is 6.18. The van der Waals surface area contributed by atoms with E-state index >= 15 is 0 Å². The third-order valence-electron chi connectivity index (χ3n) is 5.23. The fourth-order valence-corrected chi connectivity index (χ4v) is 4.24. The van der Waals surface area contributed by atoms with Crippen molar-refractivity contribution in [1.82, 2.24) is 25.1 Å². The van der Waals surface area contributed by atoms with Gasteiger partial charge in [-0.3, -0.25) is 15.1 Å². The Labute approximate surface area is 176 Å². The highest BCUT2D eigenvalue weighted by molar-refractivity contribution is 9.10. The maximum atomic E-state index is 6.18. The van der Waals surface area contributed by atoms with E-state index in [1.165, 1.54) is 0 Å². The summed E-state index contributed by atoms with van der Waals surface area (Å²) in [6, 6.07) is 10.1. The normalized spacial score (nSPS) is 17.0. The number of fused-ring (bicyclic) bond motifs is 1. The minimum absolute atomic E-state index is 0.181. The molecule has 1 aliphatic rings. The molecule has 0 saturated carbocycles. The van der Waals surface area contributed by atoms with Crippen molar-refractivity contribution in [1.29, 1.82) is 0 Å². The average Bonchev–Trinajstić information content (AvgIpc) is 3.18. The van der Waals surface area contributed by atoms with Crippen molar-refractivity contribution in [3.8, 4) is 22.6 Å². The van der Waals surface area contributed by atoms with E-state index in [-0.39, 0.29) is 6.04 Å². The molecule has 1 fully saturated rings. The number of nitrogens with one attached hydrogen (secondary N) is 1. The van der Waals surface area contributed by atoms with Gasteiger partial charge >= 0.3 is 0 Å². The Hall–Kier alpha value is -2.84. The predicted octanol–water partition coefficient (Wildman–Crippen LogP) is 3.77. The van der Waals surface area contributed by atoms with Gasteiger partial charge in [0.15, 0.2) is 0 Å². The Kier molecular flexibility index (Phi) is 4.73. The first kappa shape index (κ1) is 18.2. The van der Waals surface area contributed by atoms with E-state index in [1.54, 1.807) is 12.4 Å². The van der Waals surface area contributed by atoms with Crippen LogP contribution >= 0.6 is 15.9 Å². The van der Waals surface area contributed by atoms with E-state index in [0.29, 0.717) is 0 Å². The molecule has 1 unspecified atom stereocenters. The second-order valence-electron chi connectivity index (χ2n) is 7.28. The van der Waals surface area contributed by atoms with Gasteiger partial charge in [0.1, 0.15) is 11.5 Å². The first-order valence-electron chi connectivity index (χ1n) is 9.61. The monoisotopic (exact) mass is 449 g/mol. The topological polar surface area (TPSA) is 96.6 Å². The zero-order valence-corrected chi connectivity index (χ0v) is 17.3. The molecule has 8 heteroatoms. The lowest BCUT2D eigenvalue weighted by Crippen LogP contribution is -2.43. The highest BCUT2D eigenvalue weighted by Crippen LogP contribution is 2.32. The number of piperidine rings is 1. The van der Waals surface area contributed by atoms with Crippen LogP contribution in [0.2, 0.25) is 0 Å². The molecule has 29 heavy (non-hydrogen) atoms. The SMILES string of the molecule is NC1CCCN(c2nc(-c3n[nH]c4cnc(-c5cccnc5)cc34)ccc2Br)C1. The fraction of sp³-hybridized carbons (Fsp3) is 0.238. The van der Waals surface area contributed by atoms with Gasteiger partial charge in [-0.15, -0.1) is 0 Å². The molecule has 0 amide bonds. The molecule has 1 aliphatic heterocycles. The van der Waals surface area contributed by atoms with Crippen LogP contribution in [0.15, 0.2) is 53.4 Å². The summed E-state index contributed by atoms with van der Waals surface area (Å²) in [5, 5.41) is 8.58. The number of halogens is 1. The van der Waals surface area contributed by atoms with Crippen LogP contribution in [-0.2, 0) is 0 Å². The maximum Gasteiger partial charge on any atom is 0.143 e. The van der Waals surface area contributed by atoms with Gasteiger partial charge in [-0.2, -0.15) is 5.10 Å². The first-order chi connectivity index (χ1) is 14.2. The van der Waals surface area contributed by atoms with Gasteiger partial charge in [0.2, 0.25) is 0 Å². The molecular weight excluding hydrogens is 430 g/mol. The second kappa shape index (κ2) is 7.53. The predicted molar refractivity (Wildman–Crippen MR) is 117 cm³/mol. The van der Waals surface area contributed by atoms with E-state index < -0.39 is 0 Å². The molecule has 0 aliphatic carbocycles. The van der Waals surface area contributed by atoms with Crippen LogP contribution in [0.25, 0.3) is 33.5 Å². The number of pyridine rings is 3. The Balaban J connectivity index is 1.58. The lowest BCUT2D eigenvalue weighted by Gasteiger charge is -2.32. The Morgan fingerprint density at radius 1 is 1.17 bits per heavy atom. The molecule has 4 aromatic heterocycles. The molecule has 1 atom stereocenters. The zero-order valence-electron chi connectivity index (χ0n) is 15.7. The van der Waals surface area contributed by atoms with Crippen LogP contribution in [0, 0.1) is 0 Å². The molecule has 1 saturated heterocycles. The highest BCUT2D eigenvalue weighted by atomic mass is 79.9.